The summed E-state index contributed by atoms with van der Waals surface area (Å²) in [4.78, 5) is 24.8. The Hall–Kier alpha value is -3.02. The molecule has 27 heavy (non-hydrogen) atoms. The molecule has 0 saturated carbocycles. The predicted molar refractivity (Wildman–Crippen MR) is 107 cm³/mol. The molecule has 3 rings (SSSR count). The van der Waals surface area contributed by atoms with Gasteiger partial charge in [-0.15, -0.1) is 0 Å². The SMILES string of the molecule is CC[C@@H](Oc1cc(C)ccc1C)C(=O)Nc1ccc2c(c1)n(C)c(=O)n2C. The Morgan fingerprint density at radius 1 is 1.07 bits per heavy atom. The number of carbonyl (C=O) groups excluding carboxylic acids is 1. The fraction of sp³-hybridized carbons (Fsp3) is 0.333. The predicted octanol–water partition coefficient (Wildman–Crippen LogP) is 3.29. The number of nitrogens with zero attached hydrogens (tertiary/aromatic N) is 2. The molecule has 0 fully saturated rings. The van der Waals surface area contributed by atoms with Gasteiger partial charge >= 0.3 is 5.69 Å². The number of carbonyl (C=O) groups is 1. The number of fused-ring (bicyclic) bond motifs is 1. The van der Waals surface area contributed by atoms with Gasteiger partial charge in [0.05, 0.1) is 11.0 Å². The summed E-state index contributed by atoms with van der Waals surface area (Å²) < 4.78 is 9.12. The van der Waals surface area contributed by atoms with Crippen LogP contribution in [0, 0.1) is 13.8 Å². The van der Waals surface area contributed by atoms with Gasteiger partial charge in [-0.05, 0) is 55.7 Å². The van der Waals surface area contributed by atoms with Crippen molar-refractivity contribution in [3.63, 3.8) is 0 Å². The van der Waals surface area contributed by atoms with Crippen LogP contribution < -0.4 is 15.7 Å². The zero-order valence-corrected chi connectivity index (χ0v) is 16.4. The van der Waals surface area contributed by atoms with Gasteiger partial charge in [0.15, 0.2) is 6.10 Å². The second-order valence-electron chi connectivity index (χ2n) is 6.88. The monoisotopic (exact) mass is 367 g/mol. The number of hydrogen-bond donors (Lipinski definition) is 1. The second kappa shape index (κ2) is 7.31. The van der Waals surface area contributed by atoms with Crippen LogP contribution in [0.1, 0.15) is 24.5 Å². The summed E-state index contributed by atoms with van der Waals surface area (Å²) in [6, 6.07) is 11.4. The van der Waals surface area contributed by atoms with Crippen LogP contribution >= 0.6 is 0 Å². The van der Waals surface area contributed by atoms with E-state index in [0.717, 1.165) is 27.9 Å². The topological polar surface area (TPSA) is 65.3 Å². The lowest BCUT2D eigenvalue weighted by Crippen LogP contribution is -2.32. The Bertz CT molecular complexity index is 1060. The van der Waals surface area contributed by atoms with Crippen molar-refractivity contribution in [3.05, 3.63) is 58.0 Å². The van der Waals surface area contributed by atoms with E-state index in [4.69, 9.17) is 4.74 Å². The van der Waals surface area contributed by atoms with Crippen LogP contribution in [0.2, 0.25) is 0 Å². The van der Waals surface area contributed by atoms with Gasteiger partial charge in [-0.3, -0.25) is 13.9 Å². The van der Waals surface area contributed by atoms with Crippen molar-refractivity contribution in [2.24, 2.45) is 14.1 Å². The number of imidazole rings is 1. The zero-order chi connectivity index (χ0) is 19.7. The van der Waals surface area contributed by atoms with E-state index in [9.17, 15) is 9.59 Å². The Morgan fingerprint density at radius 2 is 1.78 bits per heavy atom. The average Bonchev–Trinajstić information content (AvgIpc) is 2.86. The van der Waals surface area contributed by atoms with E-state index in [2.05, 4.69) is 5.32 Å². The number of anilines is 1. The Morgan fingerprint density at radius 3 is 2.48 bits per heavy atom. The lowest BCUT2D eigenvalue weighted by Gasteiger charge is -2.19. The van der Waals surface area contributed by atoms with Crippen molar-refractivity contribution in [3.8, 4) is 5.75 Å². The molecule has 2 aromatic carbocycles. The molecule has 142 valence electrons. The third-order valence-electron chi connectivity index (χ3n) is 4.82. The molecule has 0 bridgehead atoms. The summed E-state index contributed by atoms with van der Waals surface area (Å²) in [6.07, 6.45) is -0.0496. The fourth-order valence-corrected chi connectivity index (χ4v) is 3.12. The molecule has 6 nitrogen and oxygen atoms in total. The van der Waals surface area contributed by atoms with Crippen LogP contribution in [0.3, 0.4) is 0 Å². The van der Waals surface area contributed by atoms with Crippen molar-refractivity contribution in [1.82, 2.24) is 9.13 Å². The third-order valence-corrected chi connectivity index (χ3v) is 4.82. The second-order valence-corrected chi connectivity index (χ2v) is 6.88. The number of ether oxygens (including phenoxy) is 1. The van der Waals surface area contributed by atoms with Crippen molar-refractivity contribution >= 4 is 22.6 Å². The Labute approximate surface area is 158 Å². The smallest absolute Gasteiger partial charge is 0.328 e. The largest absolute Gasteiger partial charge is 0.480 e. The maximum Gasteiger partial charge on any atom is 0.328 e. The molecule has 0 radical (unpaired) electrons. The van der Waals surface area contributed by atoms with Gasteiger partial charge in [0.1, 0.15) is 5.75 Å². The van der Waals surface area contributed by atoms with Crippen LogP contribution in [0.15, 0.2) is 41.2 Å². The summed E-state index contributed by atoms with van der Waals surface area (Å²) in [5, 5.41) is 2.91. The molecule has 0 spiro atoms. The van der Waals surface area contributed by atoms with Crippen LogP contribution in [0.25, 0.3) is 11.0 Å². The molecule has 0 aliphatic carbocycles. The molecule has 1 aromatic heterocycles. The van der Waals surface area contributed by atoms with Crippen molar-refractivity contribution in [2.75, 3.05) is 5.32 Å². The highest BCUT2D eigenvalue weighted by Crippen LogP contribution is 2.22. The van der Waals surface area contributed by atoms with Gasteiger partial charge in [0.2, 0.25) is 0 Å². The van der Waals surface area contributed by atoms with Gasteiger partial charge in [0.25, 0.3) is 5.91 Å². The van der Waals surface area contributed by atoms with Gasteiger partial charge in [-0.2, -0.15) is 0 Å². The van der Waals surface area contributed by atoms with Gasteiger partial charge in [0, 0.05) is 19.8 Å². The first kappa shape index (κ1) is 18.8. The van der Waals surface area contributed by atoms with Gasteiger partial charge < -0.3 is 10.1 Å². The Balaban J connectivity index is 1.82. The zero-order valence-electron chi connectivity index (χ0n) is 16.4. The van der Waals surface area contributed by atoms with Crippen molar-refractivity contribution in [2.45, 2.75) is 33.3 Å². The van der Waals surface area contributed by atoms with E-state index in [1.54, 1.807) is 35.4 Å². The molecule has 1 heterocycles. The standard InChI is InChI=1S/C21H25N3O3/c1-6-18(27-19-11-13(2)7-8-14(19)3)20(25)22-15-9-10-16-17(12-15)24(5)21(26)23(16)4/h7-12,18H,6H2,1-5H3,(H,22,25)/t18-/m1/s1. The summed E-state index contributed by atoms with van der Waals surface area (Å²) in [5.74, 6) is 0.511. The van der Waals surface area contributed by atoms with Gasteiger partial charge in [-0.1, -0.05) is 19.1 Å². The number of aryl methyl sites for hydroxylation is 4. The highest BCUT2D eigenvalue weighted by molar-refractivity contribution is 5.96. The molecular formula is C21H25N3O3. The summed E-state index contributed by atoms with van der Waals surface area (Å²) >= 11 is 0. The molecule has 0 aliphatic rings. The molecule has 0 saturated heterocycles. The third kappa shape index (κ3) is 3.60. The van der Waals surface area contributed by atoms with E-state index in [-0.39, 0.29) is 11.6 Å². The lowest BCUT2D eigenvalue weighted by molar-refractivity contribution is -0.122. The van der Waals surface area contributed by atoms with Crippen LogP contribution in [-0.2, 0) is 18.9 Å². The molecule has 0 unspecified atom stereocenters. The number of amides is 1. The number of benzene rings is 2. The van der Waals surface area contributed by atoms with E-state index in [1.165, 1.54) is 0 Å². The molecule has 0 aliphatic heterocycles. The molecule has 1 amide bonds. The molecule has 1 atom stereocenters. The average molecular weight is 367 g/mol. The quantitative estimate of drug-likeness (QED) is 0.753. The first-order valence-electron chi connectivity index (χ1n) is 9.02. The van der Waals surface area contributed by atoms with Gasteiger partial charge in [-0.25, -0.2) is 4.79 Å². The van der Waals surface area contributed by atoms with Crippen LogP contribution in [0.4, 0.5) is 5.69 Å². The number of rotatable bonds is 5. The minimum Gasteiger partial charge on any atom is -0.480 e. The maximum atomic E-state index is 12.7. The highest BCUT2D eigenvalue weighted by Gasteiger charge is 2.20. The van der Waals surface area contributed by atoms with Crippen molar-refractivity contribution in [1.29, 1.82) is 0 Å². The number of aromatic nitrogens is 2. The molecular weight excluding hydrogens is 342 g/mol. The summed E-state index contributed by atoms with van der Waals surface area (Å²) in [5.41, 5.74) is 4.20. The van der Waals surface area contributed by atoms with Crippen LogP contribution in [0.5, 0.6) is 5.75 Å². The van der Waals surface area contributed by atoms with E-state index < -0.39 is 6.10 Å². The molecule has 1 N–H and O–H groups in total. The Kier molecular flexibility index (Phi) is 5.08. The fourth-order valence-electron chi connectivity index (χ4n) is 3.12. The first-order chi connectivity index (χ1) is 12.8. The molecule has 3 aromatic rings. The lowest BCUT2D eigenvalue weighted by atomic mass is 10.1. The van der Waals surface area contributed by atoms with Crippen molar-refractivity contribution < 1.29 is 9.53 Å². The van der Waals surface area contributed by atoms with Crippen LogP contribution in [-0.4, -0.2) is 21.1 Å². The normalized spacial score (nSPS) is 12.2. The number of hydrogen-bond acceptors (Lipinski definition) is 3. The summed E-state index contributed by atoms with van der Waals surface area (Å²) in [7, 11) is 3.45. The first-order valence-corrected chi connectivity index (χ1v) is 9.02. The minimum atomic E-state index is -0.596. The summed E-state index contributed by atoms with van der Waals surface area (Å²) in [6.45, 7) is 5.87. The van der Waals surface area contributed by atoms with E-state index >= 15 is 0 Å². The van der Waals surface area contributed by atoms with E-state index in [1.807, 2.05) is 45.0 Å². The highest BCUT2D eigenvalue weighted by atomic mass is 16.5. The maximum absolute atomic E-state index is 12.7. The van der Waals surface area contributed by atoms with E-state index in [0.29, 0.717) is 12.1 Å². The number of nitrogens with one attached hydrogen (secondary N) is 1. The molecule has 6 heteroatoms. The minimum absolute atomic E-state index is 0.0989.